The number of hydrogen-bond donors (Lipinski definition) is 0. The van der Waals surface area contributed by atoms with E-state index in [0.717, 1.165) is 30.6 Å². The van der Waals surface area contributed by atoms with Gasteiger partial charge in [-0.15, -0.1) is 0 Å². The zero-order valence-electron chi connectivity index (χ0n) is 23.5. The normalized spacial score (nSPS) is 19.5. The molecule has 1 aliphatic heterocycles. The summed E-state index contributed by atoms with van der Waals surface area (Å²) in [5.74, 6) is 0. The van der Waals surface area contributed by atoms with Crippen LogP contribution in [0.25, 0.3) is 6.08 Å². The Balaban J connectivity index is 1.35. The standard InChI is InChI=1S/C34H37N3O2S/c1-33(2,3)29-14-16-31(17-15-29)40(38,39)36-19-18-30-20-32-28(23-35-37(32)24-27-12-8-5-9-13-27)22-34(30,25-36)21-26-10-6-4-7-11-26/h4-17,20,23H,18-19,21-22,24-25H2,1-3H3. The average molecular weight is 552 g/mol. The summed E-state index contributed by atoms with van der Waals surface area (Å²) in [7, 11) is -3.63. The summed E-state index contributed by atoms with van der Waals surface area (Å²) in [6, 6.07) is 28.3. The van der Waals surface area contributed by atoms with E-state index in [9.17, 15) is 8.42 Å². The molecule has 3 aromatic carbocycles. The van der Waals surface area contributed by atoms with Crippen molar-refractivity contribution in [2.24, 2.45) is 5.41 Å². The zero-order chi connectivity index (χ0) is 28.0. The number of hydrogen-bond acceptors (Lipinski definition) is 3. The number of nitrogens with zero attached hydrogens (tertiary/aromatic N) is 3. The Bertz CT molecular complexity index is 1630. The molecule has 6 heteroatoms. The van der Waals surface area contributed by atoms with E-state index >= 15 is 0 Å². The molecular formula is C34H37N3O2S. The number of benzene rings is 3. The molecule has 206 valence electrons. The molecule has 1 unspecified atom stereocenters. The fourth-order valence-corrected chi connectivity index (χ4v) is 7.80. The zero-order valence-corrected chi connectivity index (χ0v) is 24.4. The summed E-state index contributed by atoms with van der Waals surface area (Å²) >= 11 is 0. The van der Waals surface area contributed by atoms with Gasteiger partial charge in [-0.2, -0.15) is 9.40 Å². The second kappa shape index (κ2) is 10.2. The van der Waals surface area contributed by atoms with Gasteiger partial charge in [-0.25, -0.2) is 8.42 Å². The molecule has 2 heterocycles. The minimum atomic E-state index is -3.63. The molecule has 6 rings (SSSR count). The van der Waals surface area contributed by atoms with Gasteiger partial charge in [0.25, 0.3) is 0 Å². The van der Waals surface area contributed by atoms with Crippen molar-refractivity contribution in [3.05, 3.63) is 125 Å². The van der Waals surface area contributed by atoms with Gasteiger partial charge in [-0.3, -0.25) is 4.68 Å². The van der Waals surface area contributed by atoms with Crippen LogP contribution in [0.4, 0.5) is 0 Å². The van der Waals surface area contributed by atoms with Crippen LogP contribution in [0.2, 0.25) is 0 Å². The maximum atomic E-state index is 14.0. The smallest absolute Gasteiger partial charge is 0.243 e. The van der Waals surface area contributed by atoms with E-state index in [1.54, 1.807) is 16.4 Å². The van der Waals surface area contributed by atoms with Gasteiger partial charge in [0.05, 0.1) is 23.3 Å². The molecule has 0 N–H and O–H groups in total. The lowest BCUT2D eigenvalue weighted by Gasteiger charge is -2.46. The highest BCUT2D eigenvalue weighted by Gasteiger charge is 2.46. The van der Waals surface area contributed by atoms with Crippen molar-refractivity contribution in [1.29, 1.82) is 0 Å². The highest BCUT2D eigenvalue weighted by atomic mass is 32.2. The van der Waals surface area contributed by atoms with Crippen LogP contribution in [0.3, 0.4) is 0 Å². The van der Waals surface area contributed by atoms with Crippen molar-refractivity contribution < 1.29 is 8.42 Å². The predicted octanol–water partition coefficient (Wildman–Crippen LogP) is 6.49. The molecule has 0 saturated carbocycles. The Morgan fingerprint density at radius 1 is 0.875 bits per heavy atom. The Hall–Kier alpha value is -3.48. The third kappa shape index (κ3) is 5.06. The van der Waals surface area contributed by atoms with Crippen molar-refractivity contribution in [3.63, 3.8) is 0 Å². The van der Waals surface area contributed by atoms with Gasteiger partial charge in [0.15, 0.2) is 0 Å². The van der Waals surface area contributed by atoms with Gasteiger partial charge >= 0.3 is 0 Å². The molecule has 1 atom stereocenters. The highest BCUT2D eigenvalue weighted by molar-refractivity contribution is 7.89. The maximum Gasteiger partial charge on any atom is 0.243 e. The molecule has 0 spiro atoms. The molecule has 1 aromatic heterocycles. The first kappa shape index (κ1) is 26.7. The van der Waals surface area contributed by atoms with Crippen molar-refractivity contribution >= 4 is 16.1 Å². The fraction of sp³-hybridized carbons (Fsp3) is 0.324. The van der Waals surface area contributed by atoms with Gasteiger partial charge in [0.2, 0.25) is 10.0 Å². The summed E-state index contributed by atoms with van der Waals surface area (Å²) in [4.78, 5) is 0.370. The lowest BCUT2D eigenvalue weighted by Crippen LogP contribution is -2.50. The molecule has 4 aromatic rings. The van der Waals surface area contributed by atoms with E-state index in [-0.39, 0.29) is 10.8 Å². The van der Waals surface area contributed by atoms with E-state index in [2.05, 4.69) is 80.1 Å². The quantitative estimate of drug-likeness (QED) is 0.275. The monoisotopic (exact) mass is 551 g/mol. The van der Waals surface area contributed by atoms with E-state index < -0.39 is 10.0 Å². The largest absolute Gasteiger partial charge is 0.261 e. The van der Waals surface area contributed by atoms with Gasteiger partial charge in [0, 0.05) is 18.5 Å². The second-order valence-corrected chi connectivity index (χ2v) is 14.3. The van der Waals surface area contributed by atoms with Crippen LogP contribution >= 0.6 is 0 Å². The van der Waals surface area contributed by atoms with Crippen molar-refractivity contribution in [3.8, 4) is 0 Å². The average Bonchev–Trinajstić information content (AvgIpc) is 3.32. The van der Waals surface area contributed by atoms with E-state index in [4.69, 9.17) is 5.10 Å². The minimum absolute atomic E-state index is 0.0301. The van der Waals surface area contributed by atoms with E-state index in [1.807, 2.05) is 30.5 Å². The number of rotatable bonds is 6. The van der Waals surface area contributed by atoms with Crippen LogP contribution in [0.1, 0.15) is 55.1 Å². The van der Waals surface area contributed by atoms with E-state index in [0.29, 0.717) is 24.4 Å². The molecular weight excluding hydrogens is 514 g/mol. The first-order valence-electron chi connectivity index (χ1n) is 14.1. The van der Waals surface area contributed by atoms with Gasteiger partial charge in [-0.05, 0) is 65.1 Å². The summed E-state index contributed by atoms with van der Waals surface area (Å²) in [5.41, 5.74) is 6.88. The third-order valence-corrected chi connectivity index (χ3v) is 10.4. The first-order valence-corrected chi connectivity index (χ1v) is 15.5. The first-order chi connectivity index (χ1) is 19.1. The Labute approximate surface area is 238 Å². The second-order valence-electron chi connectivity index (χ2n) is 12.4. The fourth-order valence-electron chi connectivity index (χ4n) is 6.27. The molecule has 0 bridgehead atoms. The summed E-state index contributed by atoms with van der Waals surface area (Å²) in [6.45, 7) is 8.08. The van der Waals surface area contributed by atoms with Crippen LogP contribution in [0.5, 0.6) is 0 Å². The molecule has 1 fully saturated rings. The molecule has 40 heavy (non-hydrogen) atoms. The Morgan fingerprint density at radius 2 is 1.52 bits per heavy atom. The SMILES string of the molecule is CC(C)(C)c1ccc(S(=O)(=O)N2CCC3=Cc4c(cnn4Cc4ccccc4)CC3(Cc3ccccc3)C2)cc1. The van der Waals surface area contributed by atoms with Crippen molar-refractivity contribution in [2.75, 3.05) is 13.1 Å². The minimum Gasteiger partial charge on any atom is -0.261 e. The topological polar surface area (TPSA) is 55.2 Å². The van der Waals surface area contributed by atoms with Crippen molar-refractivity contribution in [1.82, 2.24) is 14.1 Å². The lowest BCUT2D eigenvalue weighted by molar-refractivity contribution is 0.209. The van der Waals surface area contributed by atoms with Gasteiger partial charge in [-0.1, -0.05) is 99.1 Å². The molecule has 1 saturated heterocycles. The summed E-state index contributed by atoms with van der Waals surface area (Å²) in [5, 5.41) is 4.77. The molecule has 2 aliphatic rings. The van der Waals surface area contributed by atoms with Gasteiger partial charge in [0.1, 0.15) is 0 Å². The third-order valence-electron chi connectivity index (χ3n) is 8.51. The molecule has 5 nitrogen and oxygen atoms in total. The van der Waals surface area contributed by atoms with Crippen LogP contribution in [0, 0.1) is 5.41 Å². The Morgan fingerprint density at radius 3 is 2.17 bits per heavy atom. The number of aromatic nitrogens is 2. The molecule has 0 amide bonds. The van der Waals surface area contributed by atoms with Crippen LogP contribution in [-0.2, 0) is 34.8 Å². The number of piperidine rings is 1. The molecule has 0 radical (unpaired) electrons. The van der Waals surface area contributed by atoms with Gasteiger partial charge < -0.3 is 0 Å². The summed E-state index contributed by atoms with van der Waals surface area (Å²) in [6.07, 6.45) is 6.56. The van der Waals surface area contributed by atoms with Crippen LogP contribution in [0.15, 0.2) is 102 Å². The van der Waals surface area contributed by atoms with Crippen LogP contribution < -0.4 is 0 Å². The van der Waals surface area contributed by atoms with Crippen molar-refractivity contribution in [2.45, 2.75) is 56.9 Å². The maximum absolute atomic E-state index is 14.0. The highest BCUT2D eigenvalue weighted by Crippen LogP contribution is 2.47. The van der Waals surface area contributed by atoms with Crippen LogP contribution in [-0.4, -0.2) is 35.6 Å². The number of sulfonamides is 1. The number of fused-ring (bicyclic) bond motifs is 2. The van der Waals surface area contributed by atoms with E-state index in [1.165, 1.54) is 22.3 Å². The Kier molecular flexibility index (Phi) is 6.79. The summed E-state index contributed by atoms with van der Waals surface area (Å²) < 4.78 is 31.7. The molecule has 1 aliphatic carbocycles. The lowest BCUT2D eigenvalue weighted by atomic mass is 9.66. The predicted molar refractivity (Wildman–Crippen MR) is 161 cm³/mol.